The van der Waals surface area contributed by atoms with Gasteiger partial charge in [-0.15, -0.1) is 0 Å². The van der Waals surface area contributed by atoms with Gasteiger partial charge in [0.25, 0.3) is 0 Å². The van der Waals surface area contributed by atoms with Gasteiger partial charge in [-0.2, -0.15) is 0 Å². The first-order chi connectivity index (χ1) is 8.14. The molecule has 0 aromatic rings. The molecule has 3 rings (SSSR count). The van der Waals surface area contributed by atoms with Gasteiger partial charge in [-0.25, -0.2) is 0 Å². The van der Waals surface area contributed by atoms with E-state index in [4.69, 9.17) is 0 Å². The van der Waals surface area contributed by atoms with Crippen molar-refractivity contribution in [2.24, 2.45) is 22.7 Å². The van der Waals surface area contributed by atoms with Gasteiger partial charge in [0.05, 0.1) is 0 Å². The van der Waals surface area contributed by atoms with Gasteiger partial charge >= 0.3 is 0 Å². The van der Waals surface area contributed by atoms with Gasteiger partial charge in [0.2, 0.25) is 0 Å². The summed E-state index contributed by atoms with van der Waals surface area (Å²) in [6, 6.07) is 0. The second-order valence-electron chi connectivity index (χ2n) is 6.78. The van der Waals surface area contributed by atoms with Crippen LogP contribution >= 0.6 is 0 Å². The van der Waals surface area contributed by atoms with Gasteiger partial charge in [0.1, 0.15) is 6.29 Å². The standard InChI is InChI=1S/C16H24O/c1-12-13-8-9-16(10-13,11-17)15(12,2)14-6-4-3-5-7-14/h11,13-14H,1,3-10H2,2H3/t13-,15-,16+/m0/s1. The van der Waals surface area contributed by atoms with E-state index in [-0.39, 0.29) is 10.8 Å². The van der Waals surface area contributed by atoms with Crippen molar-refractivity contribution in [1.29, 1.82) is 0 Å². The Kier molecular flexibility index (Phi) is 2.50. The van der Waals surface area contributed by atoms with E-state index < -0.39 is 0 Å². The number of hydrogen-bond acceptors (Lipinski definition) is 1. The van der Waals surface area contributed by atoms with E-state index in [0.717, 1.165) is 18.8 Å². The van der Waals surface area contributed by atoms with Crippen LogP contribution in [0.1, 0.15) is 58.3 Å². The van der Waals surface area contributed by atoms with Crippen LogP contribution in [0.15, 0.2) is 12.2 Å². The maximum atomic E-state index is 11.7. The monoisotopic (exact) mass is 232 g/mol. The van der Waals surface area contributed by atoms with Crippen molar-refractivity contribution in [2.75, 3.05) is 0 Å². The van der Waals surface area contributed by atoms with E-state index in [1.165, 1.54) is 50.4 Å². The van der Waals surface area contributed by atoms with Gasteiger partial charge in [0, 0.05) is 10.8 Å². The zero-order valence-electron chi connectivity index (χ0n) is 11.0. The van der Waals surface area contributed by atoms with Crippen LogP contribution < -0.4 is 0 Å². The topological polar surface area (TPSA) is 17.1 Å². The van der Waals surface area contributed by atoms with Gasteiger partial charge in [-0.05, 0) is 43.9 Å². The molecule has 3 aliphatic rings. The van der Waals surface area contributed by atoms with Crippen LogP contribution in [-0.4, -0.2) is 6.29 Å². The molecule has 3 saturated carbocycles. The van der Waals surface area contributed by atoms with Gasteiger partial charge in [-0.1, -0.05) is 38.3 Å². The average Bonchev–Trinajstić information content (AvgIpc) is 2.90. The molecule has 0 heterocycles. The van der Waals surface area contributed by atoms with E-state index in [2.05, 4.69) is 13.5 Å². The Labute approximate surface area is 105 Å². The Hall–Kier alpha value is -0.590. The molecule has 3 fully saturated rings. The third-order valence-electron chi connectivity index (χ3n) is 6.39. The molecule has 0 spiro atoms. The zero-order valence-corrected chi connectivity index (χ0v) is 11.0. The van der Waals surface area contributed by atoms with E-state index in [1.807, 2.05) is 0 Å². The highest BCUT2D eigenvalue weighted by atomic mass is 16.1. The summed E-state index contributed by atoms with van der Waals surface area (Å²) in [7, 11) is 0. The molecule has 1 heteroatoms. The van der Waals surface area contributed by atoms with Crippen molar-refractivity contribution in [3.05, 3.63) is 12.2 Å². The molecule has 1 nitrogen and oxygen atoms in total. The van der Waals surface area contributed by atoms with Crippen molar-refractivity contribution >= 4 is 6.29 Å². The third-order valence-corrected chi connectivity index (χ3v) is 6.39. The molecule has 0 aromatic carbocycles. The quantitative estimate of drug-likeness (QED) is 0.517. The van der Waals surface area contributed by atoms with Crippen LogP contribution in [-0.2, 0) is 4.79 Å². The summed E-state index contributed by atoms with van der Waals surface area (Å²) in [5, 5.41) is 0. The number of fused-ring (bicyclic) bond motifs is 2. The number of carbonyl (C=O) groups excluding carboxylic acids is 1. The summed E-state index contributed by atoms with van der Waals surface area (Å²) < 4.78 is 0. The minimum absolute atomic E-state index is 0.0449. The summed E-state index contributed by atoms with van der Waals surface area (Å²) in [5.41, 5.74) is 1.50. The molecule has 0 unspecified atom stereocenters. The second kappa shape index (κ2) is 3.70. The number of rotatable bonds is 2. The highest BCUT2D eigenvalue weighted by Gasteiger charge is 2.63. The fourth-order valence-electron chi connectivity index (χ4n) is 5.17. The van der Waals surface area contributed by atoms with E-state index >= 15 is 0 Å². The van der Waals surface area contributed by atoms with Crippen molar-refractivity contribution in [3.63, 3.8) is 0 Å². The second-order valence-corrected chi connectivity index (χ2v) is 6.78. The summed E-state index contributed by atoms with van der Waals surface area (Å²) in [4.78, 5) is 11.7. The van der Waals surface area contributed by atoms with E-state index in [0.29, 0.717) is 5.92 Å². The molecule has 0 aromatic heterocycles. The van der Waals surface area contributed by atoms with Gasteiger partial charge < -0.3 is 4.79 Å². The number of carbonyl (C=O) groups is 1. The SMILES string of the molecule is C=C1[C@H]2CC[C@](C=O)(C2)[C@]1(C)C1CCCCC1. The Morgan fingerprint density at radius 3 is 2.59 bits per heavy atom. The minimum atomic E-state index is -0.0449. The first-order valence-electron chi connectivity index (χ1n) is 7.30. The molecule has 0 saturated heterocycles. The predicted octanol–water partition coefficient (Wildman–Crippen LogP) is 4.13. The largest absolute Gasteiger partial charge is 0.303 e. The molecule has 3 aliphatic carbocycles. The predicted molar refractivity (Wildman–Crippen MR) is 69.7 cm³/mol. The molecule has 0 radical (unpaired) electrons. The molecule has 0 N–H and O–H groups in total. The van der Waals surface area contributed by atoms with Crippen LogP contribution in [0.4, 0.5) is 0 Å². The lowest BCUT2D eigenvalue weighted by atomic mass is 9.54. The smallest absolute Gasteiger partial charge is 0.127 e. The summed E-state index contributed by atoms with van der Waals surface area (Å²) in [6.45, 7) is 6.76. The van der Waals surface area contributed by atoms with Crippen molar-refractivity contribution in [3.8, 4) is 0 Å². The van der Waals surface area contributed by atoms with Crippen LogP contribution in [0.25, 0.3) is 0 Å². The molecule has 94 valence electrons. The zero-order chi connectivity index (χ0) is 12.1. The number of hydrogen-bond donors (Lipinski definition) is 0. The molecular weight excluding hydrogens is 208 g/mol. The van der Waals surface area contributed by atoms with Gasteiger partial charge in [-0.3, -0.25) is 0 Å². The average molecular weight is 232 g/mol. The maximum Gasteiger partial charge on any atom is 0.127 e. The first kappa shape index (κ1) is 11.5. The Morgan fingerprint density at radius 1 is 1.24 bits per heavy atom. The summed E-state index contributed by atoms with van der Waals surface area (Å²) >= 11 is 0. The van der Waals surface area contributed by atoms with E-state index in [9.17, 15) is 4.79 Å². The Morgan fingerprint density at radius 2 is 1.94 bits per heavy atom. The highest BCUT2D eigenvalue weighted by Crippen LogP contribution is 2.69. The third kappa shape index (κ3) is 1.29. The lowest BCUT2D eigenvalue weighted by Gasteiger charge is -2.49. The van der Waals surface area contributed by atoms with Crippen LogP contribution in [0, 0.1) is 22.7 Å². The van der Waals surface area contributed by atoms with Crippen molar-refractivity contribution in [2.45, 2.75) is 58.3 Å². The van der Waals surface area contributed by atoms with Crippen molar-refractivity contribution in [1.82, 2.24) is 0 Å². The molecule has 2 bridgehead atoms. The van der Waals surface area contributed by atoms with Crippen LogP contribution in [0.3, 0.4) is 0 Å². The molecule has 0 amide bonds. The number of aldehydes is 1. The Bertz CT molecular complexity index is 353. The van der Waals surface area contributed by atoms with Crippen molar-refractivity contribution < 1.29 is 4.79 Å². The number of allylic oxidation sites excluding steroid dienone is 1. The minimum Gasteiger partial charge on any atom is -0.303 e. The van der Waals surface area contributed by atoms with E-state index in [1.54, 1.807) is 0 Å². The maximum absolute atomic E-state index is 11.7. The van der Waals surface area contributed by atoms with Gasteiger partial charge in [0.15, 0.2) is 0 Å². The van der Waals surface area contributed by atoms with Crippen LogP contribution in [0.2, 0.25) is 0 Å². The molecular formula is C16H24O. The van der Waals surface area contributed by atoms with Crippen LogP contribution in [0.5, 0.6) is 0 Å². The lowest BCUT2D eigenvalue weighted by Crippen LogP contribution is -2.44. The lowest BCUT2D eigenvalue weighted by molar-refractivity contribution is -0.123. The Balaban J connectivity index is 1.98. The molecule has 3 atom stereocenters. The fraction of sp³-hybridized carbons (Fsp3) is 0.812. The first-order valence-corrected chi connectivity index (χ1v) is 7.30. The summed E-state index contributed by atoms with van der Waals surface area (Å²) in [5.74, 6) is 1.37. The normalized spacial score (nSPS) is 46.4. The highest BCUT2D eigenvalue weighted by molar-refractivity contribution is 5.66. The molecule has 17 heavy (non-hydrogen) atoms. The summed E-state index contributed by atoms with van der Waals surface area (Å²) in [6.07, 6.45) is 11.5. The molecule has 0 aliphatic heterocycles. The fourth-order valence-corrected chi connectivity index (χ4v) is 5.17.